The number of urea groups is 1. The zero-order valence-electron chi connectivity index (χ0n) is 45.1. The van der Waals surface area contributed by atoms with Crippen LogP contribution >= 0.6 is 19.5 Å². The average molecular weight is 1220 g/mol. The van der Waals surface area contributed by atoms with Crippen LogP contribution in [-0.2, 0) is 66.3 Å². The molecule has 3 rings (SSSR count). The van der Waals surface area contributed by atoms with Gasteiger partial charge in [-0.1, -0.05) is 0 Å². The van der Waals surface area contributed by atoms with Gasteiger partial charge < -0.3 is 84.4 Å². The van der Waals surface area contributed by atoms with Crippen molar-refractivity contribution >= 4 is 108 Å². The number of hydrogen-bond acceptors (Lipinski definition) is 24. The van der Waals surface area contributed by atoms with Gasteiger partial charge in [-0.05, 0) is 45.1 Å². The van der Waals surface area contributed by atoms with Crippen LogP contribution in [0, 0.1) is 0 Å². The Kier molecular flexibility index (Phi) is 28.3. The number of amides is 11. The molecule has 1 saturated heterocycles. The third kappa shape index (κ3) is 22.4. The Morgan fingerprint density at radius 2 is 1.52 bits per heavy atom. The number of anilines is 1. The third-order valence-electron chi connectivity index (χ3n) is 11.7. The molecular weight excluding hydrogens is 1150 g/mol. The number of thioether (sulfide) groups is 1. The van der Waals surface area contributed by atoms with Gasteiger partial charge in [0.1, 0.15) is 66.4 Å². The molecule has 0 aliphatic carbocycles. The zero-order chi connectivity index (χ0) is 62.1. The number of quaternary nitrogens is 1. The van der Waals surface area contributed by atoms with Crippen LogP contribution in [0.2, 0.25) is 0 Å². The molecule has 11 amide bonds. The van der Waals surface area contributed by atoms with E-state index in [0.717, 1.165) is 20.2 Å². The number of aliphatic hydroxyl groups is 3. The van der Waals surface area contributed by atoms with Crippen molar-refractivity contribution in [3.05, 3.63) is 12.7 Å². The monoisotopic (exact) mass is 1220 g/mol. The molecule has 0 spiro atoms. The summed E-state index contributed by atoms with van der Waals surface area (Å²) < 4.78 is 31.7. The molecule has 24 N–H and O–H groups in total. The quantitative estimate of drug-likeness (QED) is 0.00990. The molecule has 0 saturated carbocycles. The average Bonchev–Trinajstić information content (AvgIpc) is 3.23. The summed E-state index contributed by atoms with van der Waals surface area (Å²) in [6.45, 7) is 0.361. The number of imidazole rings is 1. The SMILES string of the molecule is CSCC[C@@H](NC(=O)[C@H](CCC[NH+]=C(N)N)NC(=O)[C@@H](NC(=O)CNC(=O)[C@H](CC(N)=O)NC(=O)[C@H](C)NC(=O)NC(CC(=O)[O-])C(=O)NP(=O)(OCCC[NH3+])OC[C@@H]1O[C@H](n2cnc3c(N)ncnc32)[C@@H](O)[C@H]1O)[C@@H](C)O)C(=O)NC=O. The summed E-state index contributed by atoms with van der Waals surface area (Å²) in [7, 11) is -4.88. The van der Waals surface area contributed by atoms with Crippen LogP contribution in [0.15, 0.2) is 12.7 Å². The van der Waals surface area contributed by atoms with Crippen molar-refractivity contribution in [3.63, 3.8) is 0 Å². The number of imide groups is 1. The van der Waals surface area contributed by atoms with Crippen LogP contribution in [0.1, 0.15) is 58.6 Å². The van der Waals surface area contributed by atoms with E-state index in [1.807, 2.05) is 15.7 Å². The van der Waals surface area contributed by atoms with Crippen LogP contribution in [0.3, 0.4) is 0 Å². The van der Waals surface area contributed by atoms with Crippen LogP contribution in [0.4, 0.5) is 10.6 Å². The number of nitrogen functional groups attached to an aromatic ring is 1. The van der Waals surface area contributed by atoms with Gasteiger partial charge in [-0.25, -0.2) is 24.3 Å². The first kappa shape index (κ1) is 69.4. The van der Waals surface area contributed by atoms with E-state index < -0.39 is 160 Å². The summed E-state index contributed by atoms with van der Waals surface area (Å²) in [5.41, 5.74) is 25.9. The number of aliphatic hydroxyl groups excluding tert-OH is 3. The topological polar surface area (TPSA) is 614 Å². The fraction of sp³-hybridized carbons (Fsp3) is 0.605. The van der Waals surface area contributed by atoms with Crippen LogP contribution < -0.4 is 86.4 Å². The Morgan fingerprint density at radius 1 is 0.855 bits per heavy atom. The molecule has 12 atom stereocenters. The fourth-order valence-corrected chi connectivity index (χ4v) is 9.21. The lowest BCUT2D eigenvalue weighted by molar-refractivity contribution is -0.459. The molecule has 0 aromatic carbocycles. The first-order chi connectivity index (χ1) is 39.1. The van der Waals surface area contributed by atoms with E-state index >= 15 is 0 Å². The Labute approximate surface area is 476 Å². The summed E-state index contributed by atoms with van der Waals surface area (Å²) in [5, 5.41) is 63.2. The molecule has 0 bridgehead atoms. The normalized spacial score (nSPS) is 18.8. The fourth-order valence-electron chi connectivity index (χ4n) is 7.40. The van der Waals surface area contributed by atoms with Gasteiger partial charge in [0.25, 0.3) is 5.91 Å². The standard InChI is InChI=1S/C43H70N19O19PS/c1-19(55-43(77)59-24(13-28(67)68)39(75)61-82(78,79-10-5-8-44)80-15-25-31(69)32(70)41(81-25)62-17-53-30-33(46)51-16-52-34(30)62)35(71)58-23(12-26(45)65)37(73)50-14-27(66)60-29(20(2)64)40(76)57-21(6-4-9-49-42(47)48)38(74)56-22(7-11-83-3)36(72)54-18-63/h16-25,29,31-32,41,64,69-70H,4-15,44H2,1-3H3,(H2,45,65)(H,50,73)(H,56,74)(H,57,76)(H,58,71)(H,60,66)(H,67,68)(H2,46,51,52)(H4,47,48,49)(H,54,63,72)(H2,55,59,77)(H,61,75,78)/p+1/t19-,20+,21-,22+,23-,24?,25-,29-,31-,32-,41-,82?/m0/s1. The van der Waals surface area contributed by atoms with Crippen LogP contribution in [0.25, 0.3) is 11.2 Å². The van der Waals surface area contributed by atoms with Gasteiger partial charge in [0.15, 0.2) is 17.7 Å². The third-order valence-corrected chi connectivity index (χ3v) is 13.8. The highest BCUT2D eigenvalue weighted by atomic mass is 32.2. The summed E-state index contributed by atoms with van der Waals surface area (Å²) in [6, 6.07) is -11.5. The maximum Gasteiger partial charge on any atom is 0.435 e. The minimum absolute atomic E-state index is 0.00477. The number of carboxylic acid groups (broad SMARTS) is 1. The number of nitrogens with one attached hydrogen (secondary N) is 10. The first-order valence-electron chi connectivity index (χ1n) is 25.2. The molecule has 38 nitrogen and oxygen atoms in total. The van der Waals surface area contributed by atoms with E-state index in [-0.39, 0.29) is 74.7 Å². The number of guanidine groups is 1. The molecule has 40 heteroatoms. The number of aliphatic carboxylic acids is 1. The van der Waals surface area contributed by atoms with Crippen molar-refractivity contribution in [2.45, 2.75) is 119 Å². The second kappa shape index (κ2) is 33.9. The lowest BCUT2D eigenvalue weighted by Crippen LogP contribution is -2.78. The minimum atomic E-state index is -4.88. The highest BCUT2D eigenvalue weighted by Gasteiger charge is 2.46. The molecule has 2 aromatic rings. The summed E-state index contributed by atoms with van der Waals surface area (Å²) in [5.74, 6) is -10.7. The Bertz CT molecular complexity index is 2700. The van der Waals surface area contributed by atoms with E-state index in [1.54, 1.807) is 6.26 Å². The molecule has 1 aliphatic heterocycles. The van der Waals surface area contributed by atoms with E-state index in [9.17, 15) is 77.7 Å². The van der Waals surface area contributed by atoms with Gasteiger partial charge in [0.05, 0.1) is 51.7 Å². The summed E-state index contributed by atoms with van der Waals surface area (Å²) in [4.78, 5) is 155. The molecule has 0 radical (unpaired) electrons. The number of fused-ring (bicyclic) bond motifs is 1. The molecule has 2 aromatic heterocycles. The molecule has 3 heterocycles. The molecule has 462 valence electrons. The zero-order valence-corrected chi connectivity index (χ0v) is 46.8. The van der Waals surface area contributed by atoms with Crippen molar-refractivity contribution < 1.29 is 102 Å². The minimum Gasteiger partial charge on any atom is -0.550 e. The summed E-state index contributed by atoms with van der Waals surface area (Å²) >= 11 is 1.34. The van der Waals surface area contributed by atoms with Gasteiger partial charge in [-0.15, -0.1) is 0 Å². The molecule has 2 unspecified atom stereocenters. The number of rotatable bonds is 36. The largest absolute Gasteiger partial charge is 0.550 e. The van der Waals surface area contributed by atoms with Crippen molar-refractivity contribution in [2.75, 3.05) is 50.6 Å². The number of ether oxygens (including phenoxy) is 1. The smallest absolute Gasteiger partial charge is 0.435 e. The van der Waals surface area contributed by atoms with E-state index in [0.29, 0.717) is 5.75 Å². The maximum absolute atomic E-state index is 14.0. The number of nitrogens with two attached hydrogens (primary N) is 4. The second-order valence-corrected chi connectivity index (χ2v) is 20.9. The number of carbonyl (C=O) groups excluding carboxylic acids is 11. The number of carbonyl (C=O) groups is 11. The van der Waals surface area contributed by atoms with Gasteiger partial charge in [-0.3, -0.25) is 83.6 Å². The predicted octanol–water partition coefficient (Wildman–Crippen LogP) is -12.4. The lowest BCUT2D eigenvalue weighted by atomic mass is 10.1. The first-order valence-corrected chi connectivity index (χ1v) is 28.1. The Hall–Kier alpha value is -7.91. The number of hydrogen-bond donors (Lipinski definition) is 18. The van der Waals surface area contributed by atoms with E-state index in [1.165, 1.54) is 22.7 Å². The van der Waals surface area contributed by atoms with Gasteiger partial charge in [-0.2, -0.15) is 11.8 Å². The van der Waals surface area contributed by atoms with Gasteiger partial charge in [0.2, 0.25) is 47.8 Å². The van der Waals surface area contributed by atoms with Crippen molar-refractivity contribution in [1.29, 1.82) is 0 Å². The number of nitrogens with zero attached hydrogens (tertiary/aromatic N) is 4. The highest BCUT2D eigenvalue weighted by molar-refractivity contribution is 7.98. The molecule has 1 fully saturated rings. The number of aromatic nitrogens is 4. The van der Waals surface area contributed by atoms with E-state index in [2.05, 4.69) is 57.6 Å². The predicted molar refractivity (Wildman–Crippen MR) is 282 cm³/mol. The van der Waals surface area contributed by atoms with E-state index in [4.69, 9.17) is 36.7 Å². The Morgan fingerprint density at radius 3 is 2.14 bits per heavy atom. The lowest BCUT2D eigenvalue weighted by Gasteiger charge is -2.26. The van der Waals surface area contributed by atoms with Gasteiger partial charge >= 0.3 is 19.7 Å². The van der Waals surface area contributed by atoms with Crippen molar-refractivity contribution in [2.24, 2.45) is 17.2 Å². The van der Waals surface area contributed by atoms with Gasteiger partial charge in [0, 0.05) is 18.8 Å². The highest BCUT2D eigenvalue weighted by Crippen LogP contribution is 2.45. The van der Waals surface area contributed by atoms with Crippen LogP contribution in [-0.4, -0.2) is 212 Å². The maximum atomic E-state index is 14.0. The number of primary amides is 1. The number of carboxylic acids is 1. The molecular formula is C43H71N19O19PS+. The molecule has 1 aliphatic rings. The molecule has 83 heavy (non-hydrogen) atoms. The summed E-state index contributed by atoms with van der Waals surface area (Å²) in [6.07, 6.45) is -5.50. The second-order valence-electron chi connectivity index (χ2n) is 18.2. The van der Waals surface area contributed by atoms with Crippen molar-refractivity contribution in [1.82, 2.24) is 67.1 Å². The van der Waals surface area contributed by atoms with Crippen LogP contribution in [0.5, 0.6) is 0 Å². The van der Waals surface area contributed by atoms with Crippen molar-refractivity contribution in [3.8, 4) is 0 Å². The Balaban J connectivity index is 1.66.